The van der Waals surface area contributed by atoms with E-state index in [1.54, 1.807) is 23.6 Å². The molecule has 2 heterocycles. The summed E-state index contributed by atoms with van der Waals surface area (Å²) in [5.74, 6) is 1.04. The topological polar surface area (TPSA) is 76.7 Å². The first-order valence-corrected chi connectivity index (χ1v) is 5.85. The summed E-state index contributed by atoms with van der Waals surface area (Å²) in [7, 11) is 0. The summed E-state index contributed by atoms with van der Waals surface area (Å²) in [4.78, 5) is 12.5. The number of anilines is 2. The third-order valence-corrected chi connectivity index (χ3v) is 2.99. The SMILES string of the molecule is Cc1csc(CCNc2nccc(N)n2)n1. The van der Waals surface area contributed by atoms with Gasteiger partial charge < -0.3 is 11.1 Å². The van der Waals surface area contributed by atoms with Crippen molar-refractivity contribution < 1.29 is 0 Å². The lowest BCUT2D eigenvalue weighted by Gasteiger charge is -2.02. The molecule has 0 aromatic carbocycles. The standard InChI is InChI=1S/C10H13N5S/c1-7-6-16-9(14-7)3-5-13-10-12-4-2-8(11)15-10/h2,4,6H,3,5H2,1H3,(H3,11,12,13,15). The van der Waals surface area contributed by atoms with Crippen molar-refractivity contribution in [1.29, 1.82) is 0 Å². The molecule has 0 amide bonds. The van der Waals surface area contributed by atoms with Crippen molar-refractivity contribution in [3.63, 3.8) is 0 Å². The van der Waals surface area contributed by atoms with Crippen molar-refractivity contribution in [3.8, 4) is 0 Å². The van der Waals surface area contributed by atoms with E-state index in [4.69, 9.17) is 5.73 Å². The molecule has 16 heavy (non-hydrogen) atoms. The molecule has 0 saturated heterocycles. The van der Waals surface area contributed by atoms with Crippen LogP contribution in [0.25, 0.3) is 0 Å². The van der Waals surface area contributed by atoms with Crippen LogP contribution < -0.4 is 11.1 Å². The molecule has 0 aliphatic rings. The Morgan fingerprint density at radius 3 is 3.00 bits per heavy atom. The van der Waals surface area contributed by atoms with Gasteiger partial charge in [-0.2, -0.15) is 4.98 Å². The molecular weight excluding hydrogens is 222 g/mol. The average molecular weight is 235 g/mol. The van der Waals surface area contributed by atoms with Gasteiger partial charge in [0, 0.05) is 30.2 Å². The maximum atomic E-state index is 5.54. The van der Waals surface area contributed by atoms with Crippen LogP contribution in [0.4, 0.5) is 11.8 Å². The Bertz CT molecular complexity index is 468. The molecule has 0 spiro atoms. The second kappa shape index (κ2) is 4.89. The predicted molar refractivity (Wildman–Crippen MR) is 65.5 cm³/mol. The number of nitrogens with zero attached hydrogens (tertiary/aromatic N) is 3. The molecule has 0 fully saturated rings. The Balaban J connectivity index is 1.84. The molecule has 84 valence electrons. The average Bonchev–Trinajstić information content (AvgIpc) is 2.64. The van der Waals surface area contributed by atoms with E-state index in [9.17, 15) is 0 Å². The lowest BCUT2D eigenvalue weighted by Crippen LogP contribution is -2.08. The van der Waals surface area contributed by atoms with E-state index in [1.165, 1.54) is 0 Å². The van der Waals surface area contributed by atoms with Gasteiger partial charge in [-0.1, -0.05) is 0 Å². The Morgan fingerprint density at radius 2 is 2.31 bits per heavy atom. The quantitative estimate of drug-likeness (QED) is 0.839. The number of hydrogen-bond donors (Lipinski definition) is 2. The highest BCUT2D eigenvalue weighted by Crippen LogP contribution is 2.09. The third kappa shape index (κ3) is 2.90. The van der Waals surface area contributed by atoms with Crippen molar-refractivity contribution in [2.24, 2.45) is 0 Å². The van der Waals surface area contributed by atoms with Gasteiger partial charge in [0.25, 0.3) is 0 Å². The van der Waals surface area contributed by atoms with E-state index < -0.39 is 0 Å². The highest BCUT2D eigenvalue weighted by molar-refractivity contribution is 7.09. The van der Waals surface area contributed by atoms with Crippen LogP contribution in [0.1, 0.15) is 10.7 Å². The second-order valence-corrected chi connectivity index (χ2v) is 4.31. The van der Waals surface area contributed by atoms with Crippen LogP contribution in [-0.2, 0) is 6.42 Å². The van der Waals surface area contributed by atoms with E-state index >= 15 is 0 Å². The van der Waals surface area contributed by atoms with Gasteiger partial charge in [-0.05, 0) is 13.0 Å². The van der Waals surface area contributed by atoms with Crippen LogP contribution in [0.15, 0.2) is 17.6 Å². The largest absolute Gasteiger partial charge is 0.384 e. The lowest BCUT2D eigenvalue weighted by atomic mass is 10.4. The van der Waals surface area contributed by atoms with E-state index in [0.29, 0.717) is 11.8 Å². The van der Waals surface area contributed by atoms with E-state index in [0.717, 1.165) is 23.7 Å². The van der Waals surface area contributed by atoms with Gasteiger partial charge >= 0.3 is 0 Å². The molecule has 2 aromatic rings. The Kier molecular flexibility index (Phi) is 3.31. The van der Waals surface area contributed by atoms with E-state index in [-0.39, 0.29) is 0 Å². The fourth-order valence-corrected chi connectivity index (χ4v) is 2.03. The predicted octanol–water partition coefficient (Wildman–Crippen LogP) is 1.48. The number of nitrogen functional groups attached to an aromatic ring is 1. The number of aromatic nitrogens is 3. The van der Waals surface area contributed by atoms with Crippen LogP contribution in [0.3, 0.4) is 0 Å². The molecule has 0 saturated carbocycles. The Morgan fingerprint density at radius 1 is 1.44 bits per heavy atom. The maximum Gasteiger partial charge on any atom is 0.224 e. The zero-order valence-corrected chi connectivity index (χ0v) is 9.79. The summed E-state index contributed by atoms with van der Waals surface area (Å²) in [5, 5.41) is 6.27. The highest BCUT2D eigenvalue weighted by atomic mass is 32.1. The summed E-state index contributed by atoms with van der Waals surface area (Å²) < 4.78 is 0. The second-order valence-electron chi connectivity index (χ2n) is 3.36. The number of nitrogens with two attached hydrogens (primary N) is 1. The van der Waals surface area contributed by atoms with Gasteiger partial charge in [0.05, 0.1) is 5.01 Å². The molecule has 6 heteroatoms. The van der Waals surface area contributed by atoms with Gasteiger partial charge in [0.15, 0.2) is 0 Å². The molecule has 2 rings (SSSR count). The number of rotatable bonds is 4. The Hall–Kier alpha value is -1.69. The summed E-state index contributed by atoms with van der Waals surface area (Å²) >= 11 is 1.67. The number of hydrogen-bond acceptors (Lipinski definition) is 6. The number of aryl methyl sites for hydroxylation is 1. The summed E-state index contributed by atoms with van der Waals surface area (Å²) in [5.41, 5.74) is 6.61. The molecule has 0 unspecified atom stereocenters. The van der Waals surface area contributed by atoms with E-state index in [1.807, 2.05) is 12.3 Å². The smallest absolute Gasteiger partial charge is 0.224 e. The van der Waals surface area contributed by atoms with Gasteiger partial charge in [-0.15, -0.1) is 11.3 Å². The first-order chi connectivity index (χ1) is 7.74. The molecule has 3 N–H and O–H groups in total. The summed E-state index contributed by atoms with van der Waals surface area (Å²) in [6.45, 7) is 2.75. The fraction of sp³-hybridized carbons (Fsp3) is 0.300. The van der Waals surface area contributed by atoms with Gasteiger partial charge in [-0.3, -0.25) is 0 Å². The summed E-state index contributed by atoms with van der Waals surface area (Å²) in [6, 6.07) is 1.66. The molecule has 2 aromatic heterocycles. The van der Waals surface area contributed by atoms with Crippen molar-refractivity contribution in [3.05, 3.63) is 28.3 Å². The van der Waals surface area contributed by atoms with E-state index in [2.05, 4.69) is 20.3 Å². The molecule has 0 atom stereocenters. The molecule has 0 bridgehead atoms. The Labute approximate surface area is 97.8 Å². The van der Waals surface area contributed by atoms with Crippen molar-refractivity contribution in [2.75, 3.05) is 17.6 Å². The molecule has 5 nitrogen and oxygen atoms in total. The molecule has 0 radical (unpaired) electrons. The zero-order valence-electron chi connectivity index (χ0n) is 8.97. The minimum atomic E-state index is 0.475. The highest BCUT2D eigenvalue weighted by Gasteiger charge is 1.99. The minimum absolute atomic E-state index is 0.475. The van der Waals surface area contributed by atoms with Crippen LogP contribution in [-0.4, -0.2) is 21.5 Å². The van der Waals surface area contributed by atoms with Gasteiger partial charge in [0.1, 0.15) is 5.82 Å². The monoisotopic (exact) mass is 235 g/mol. The first kappa shape index (κ1) is 10.8. The van der Waals surface area contributed by atoms with Crippen molar-refractivity contribution in [1.82, 2.24) is 15.0 Å². The molecule has 0 aliphatic heterocycles. The minimum Gasteiger partial charge on any atom is -0.384 e. The van der Waals surface area contributed by atoms with Gasteiger partial charge in [-0.25, -0.2) is 9.97 Å². The van der Waals surface area contributed by atoms with Gasteiger partial charge in [0.2, 0.25) is 5.95 Å². The molecular formula is C10H13N5S. The fourth-order valence-electron chi connectivity index (χ4n) is 1.26. The zero-order chi connectivity index (χ0) is 11.4. The van der Waals surface area contributed by atoms with Crippen LogP contribution in [0.5, 0.6) is 0 Å². The maximum absolute atomic E-state index is 5.54. The van der Waals surface area contributed by atoms with Crippen molar-refractivity contribution >= 4 is 23.1 Å². The van der Waals surface area contributed by atoms with Crippen molar-refractivity contribution in [2.45, 2.75) is 13.3 Å². The molecule has 0 aliphatic carbocycles. The van der Waals surface area contributed by atoms with Crippen LogP contribution in [0.2, 0.25) is 0 Å². The third-order valence-electron chi connectivity index (χ3n) is 1.97. The summed E-state index contributed by atoms with van der Waals surface area (Å²) in [6.07, 6.45) is 2.51. The lowest BCUT2D eigenvalue weighted by molar-refractivity contribution is 0.963. The normalized spacial score (nSPS) is 10.3. The van der Waals surface area contributed by atoms with Crippen LogP contribution in [0, 0.1) is 6.92 Å². The first-order valence-electron chi connectivity index (χ1n) is 4.97. The number of nitrogens with one attached hydrogen (secondary N) is 1. The number of thiazole rings is 1. The van der Waals surface area contributed by atoms with Crippen LogP contribution >= 0.6 is 11.3 Å².